The van der Waals surface area contributed by atoms with E-state index in [-0.39, 0.29) is 17.7 Å². The lowest BCUT2D eigenvalue weighted by Gasteiger charge is -2.36. The Morgan fingerprint density at radius 1 is 1.24 bits per heavy atom. The Labute approximate surface area is 126 Å². The van der Waals surface area contributed by atoms with Gasteiger partial charge < -0.3 is 0 Å². The maximum absolute atomic E-state index is 12.7. The molecule has 1 fully saturated rings. The first-order valence-corrected chi connectivity index (χ1v) is 8.21. The highest BCUT2D eigenvalue weighted by Gasteiger charge is 2.43. The molecule has 1 aliphatic heterocycles. The zero-order valence-electron chi connectivity index (χ0n) is 11.3. The molecule has 0 aliphatic carbocycles. The molecule has 1 saturated heterocycles. The number of sulfone groups is 1. The van der Waals surface area contributed by atoms with Crippen molar-refractivity contribution in [2.45, 2.75) is 35.6 Å². The lowest BCUT2D eigenvalue weighted by molar-refractivity contribution is -0.137. The minimum Gasteiger partial charge on any atom is -0.223 e. The molecule has 118 valence electrons. The molecular weight excluding hydrogens is 327 g/mol. The van der Waals surface area contributed by atoms with E-state index in [0.717, 1.165) is 12.1 Å². The summed E-state index contributed by atoms with van der Waals surface area (Å²) in [6, 6.07) is 3.90. The van der Waals surface area contributed by atoms with Gasteiger partial charge in [-0.25, -0.2) is 12.8 Å². The molecule has 0 aromatic heterocycles. The van der Waals surface area contributed by atoms with Crippen molar-refractivity contribution in [3.63, 3.8) is 0 Å². The zero-order valence-corrected chi connectivity index (χ0v) is 12.9. The van der Waals surface area contributed by atoms with E-state index < -0.39 is 26.3 Å². The summed E-state index contributed by atoms with van der Waals surface area (Å²) in [5.74, 6) is 0. The molecule has 2 rings (SSSR count). The third kappa shape index (κ3) is 3.19. The van der Waals surface area contributed by atoms with Crippen LogP contribution in [0.4, 0.5) is 13.2 Å². The molecule has 21 heavy (non-hydrogen) atoms. The quantitative estimate of drug-likeness (QED) is 0.773. The molecule has 0 amide bonds. The Morgan fingerprint density at radius 2 is 1.81 bits per heavy atom. The molecule has 0 unspecified atom stereocenters. The fourth-order valence-electron chi connectivity index (χ4n) is 2.35. The van der Waals surface area contributed by atoms with E-state index >= 15 is 0 Å². The standard InChI is InChI=1S/C13H15ClF3NO2S/c1-12(5-7-18(14)8-6-12)21(19,20)11-4-2-3-10(9-11)13(15,16)17/h2-4,9H,5-8H2,1H3. The molecule has 3 nitrogen and oxygen atoms in total. The molecule has 0 N–H and O–H groups in total. The van der Waals surface area contributed by atoms with Crippen molar-refractivity contribution in [2.75, 3.05) is 13.1 Å². The highest BCUT2D eigenvalue weighted by molar-refractivity contribution is 7.92. The first-order chi connectivity index (χ1) is 9.56. The van der Waals surface area contributed by atoms with Crippen molar-refractivity contribution in [1.29, 1.82) is 0 Å². The Bertz CT molecular complexity index is 623. The average molecular weight is 342 g/mol. The highest BCUT2D eigenvalue weighted by Crippen LogP contribution is 2.37. The minimum atomic E-state index is -4.56. The van der Waals surface area contributed by atoms with Crippen LogP contribution in [0.15, 0.2) is 29.2 Å². The smallest absolute Gasteiger partial charge is 0.223 e. The summed E-state index contributed by atoms with van der Waals surface area (Å²) in [6.45, 7) is 2.33. The Hall–Kier alpha value is -0.790. The number of alkyl halides is 3. The molecule has 0 bridgehead atoms. The second-order valence-electron chi connectivity index (χ2n) is 5.39. The molecule has 1 aromatic carbocycles. The van der Waals surface area contributed by atoms with Gasteiger partial charge in [-0.2, -0.15) is 13.2 Å². The van der Waals surface area contributed by atoms with Gasteiger partial charge in [-0.15, -0.1) is 0 Å². The van der Waals surface area contributed by atoms with Gasteiger partial charge in [0.2, 0.25) is 0 Å². The topological polar surface area (TPSA) is 37.4 Å². The molecule has 1 aliphatic rings. The van der Waals surface area contributed by atoms with Crippen LogP contribution in [0.1, 0.15) is 25.3 Å². The number of halogens is 4. The van der Waals surface area contributed by atoms with Crippen molar-refractivity contribution >= 4 is 21.6 Å². The van der Waals surface area contributed by atoms with Crippen LogP contribution in [0.3, 0.4) is 0 Å². The van der Waals surface area contributed by atoms with E-state index in [4.69, 9.17) is 11.8 Å². The van der Waals surface area contributed by atoms with E-state index in [1.165, 1.54) is 10.5 Å². The van der Waals surface area contributed by atoms with E-state index in [0.29, 0.717) is 19.2 Å². The molecule has 8 heteroatoms. The van der Waals surface area contributed by atoms with Crippen LogP contribution in [0.5, 0.6) is 0 Å². The monoisotopic (exact) mass is 341 g/mol. The maximum atomic E-state index is 12.7. The van der Waals surface area contributed by atoms with Crippen LogP contribution in [0, 0.1) is 0 Å². The van der Waals surface area contributed by atoms with Gasteiger partial charge in [-0.05, 0) is 49.7 Å². The normalized spacial score (nSPS) is 20.4. The Balaban J connectivity index is 2.40. The first-order valence-electron chi connectivity index (χ1n) is 6.39. The fraction of sp³-hybridized carbons (Fsp3) is 0.538. The Kier molecular flexibility index (Phi) is 4.30. The SMILES string of the molecule is CC1(S(=O)(=O)c2cccc(C(F)(F)F)c2)CCN(Cl)CC1. The molecule has 0 radical (unpaired) electrons. The first kappa shape index (κ1) is 16.6. The predicted octanol–water partition coefficient (Wildman–Crippen LogP) is 3.49. The summed E-state index contributed by atoms with van der Waals surface area (Å²) in [6.07, 6.45) is -3.99. The molecule has 0 saturated carbocycles. The molecule has 0 atom stereocenters. The van der Waals surface area contributed by atoms with Crippen LogP contribution < -0.4 is 0 Å². The molecule has 1 aromatic rings. The van der Waals surface area contributed by atoms with Crippen molar-refractivity contribution in [3.05, 3.63) is 29.8 Å². The van der Waals surface area contributed by atoms with Gasteiger partial charge in [0.15, 0.2) is 9.84 Å². The van der Waals surface area contributed by atoms with Gasteiger partial charge in [0, 0.05) is 13.1 Å². The van der Waals surface area contributed by atoms with E-state index in [1.54, 1.807) is 6.92 Å². The van der Waals surface area contributed by atoms with Gasteiger partial charge in [-0.3, -0.25) is 0 Å². The van der Waals surface area contributed by atoms with Crippen LogP contribution in [0.2, 0.25) is 0 Å². The summed E-state index contributed by atoms with van der Waals surface area (Å²) in [5, 5.41) is 0. The second kappa shape index (κ2) is 5.44. The number of hydrogen-bond acceptors (Lipinski definition) is 3. The maximum Gasteiger partial charge on any atom is 0.416 e. The zero-order chi connectivity index (χ0) is 15.9. The van der Waals surface area contributed by atoms with Gasteiger partial charge in [0.25, 0.3) is 0 Å². The molecule has 1 heterocycles. The van der Waals surface area contributed by atoms with Crippen molar-refractivity contribution in [2.24, 2.45) is 0 Å². The number of piperidine rings is 1. The average Bonchev–Trinajstić information content (AvgIpc) is 2.41. The highest BCUT2D eigenvalue weighted by atomic mass is 35.5. The van der Waals surface area contributed by atoms with Crippen LogP contribution in [-0.2, 0) is 16.0 Å². The van der Waals surface area contributed by atoms with Crippen LogP contribution in [0.25, 0.3) is 0 Å². The van der Waals surface area contributed by atoms with Gasteiger partial charge in [0.1, 0.15) is 0 Å². The lowest BCUT2D eigenvalue weighted by Crippen LogP contribution is -2.44. The third-order valence-corrected chi connectivity index (χ3v) is 6.81. The lowest BCUT2D eigenvalue weighted by atomic mass is 9.99. The largest absolute Gasteiger partial charge is 0.416 e. The van der Waals surface area contributed by atoms with Crippen molar-refractivity contribution in [3.8, 4) is 0 Å². The van der Waals surface area contributed by atoms with E-state index in [2.05, 4.69) is 0 Å². The minimum absolute atomic E-state index is 0.287. The van der Waals surface area contributed by atoms with Gasteiger partial charge in [0.05, 0.1) is 15.2 Å². The van der Waals surface area contributed by atoms with Crippen molar-refractivity contribution < 1.29 is 21.6 Å². The van der Waals surface area contributed by atoms with E-state index in [9.17, 15) is 21.6 Å². The number of nitrogens with zero attached hydrogens (tertiary/aromatic N) is 1. The number of rotatable bonds is 2. The van der Waals surface area contributed by atoms with Crippen LogP contribution in [-0.4, -0.2) is 30.7 Å². The third-order valence-electron chi connectivity index (χ3n) is 3.89. The van der Waals surface area contributed by atoms with Gasteiger partial charge >= 0.3 is 6.18 Å². The van der Waals surface area contributed by atoms with E-state index in [1.807, 2.05) is 0 Å². The molecule has 0 spiro atoms. The summed E-state index contributed by atoms with van der Waals surface area (Å²) in [7, 11) is -3.85. The Morgan fingerprint density at radius 3 is 2.33 bits per heavy atom. The summed E-state index contributed by atoms with van der Waals surface area (Å²) in [5.41, 5.74) is -0.957. The van der Waals surface area contributed by atoms with Crippen molar-refractivity contribution in [1.82, 2.24) is 4.42 Å². The fourth-order valence-corrected chi connectivity index (χ4v) is 4.34. The second-order valence-corrected chi connectivity index (χ2v) is 8.33. The van der Waals surface area contributed by atoms with Gasteiger partial charge in [-0.1, -0.05) is 6.07 Å². The molecular formula is C13H15ClF3NO2S. The summed E-state index contributed by atoms with van der Waals surface area (Å²) in [4.78, 5) is -0.289. The summed E-state index contributed by atoms with van der Waals surface area (Å²) >= 11 is 5.81. The predicted molar refractivity (Wildman–Crippen MR) is 73.7 cm³/mol. The van der Waals surface area contributed by atoms with Crippen LogP contribution >= 0.6 is 11.8 Å². The number of benzene rings is 1. The summed E-state index contributed by atoms with van der Waals surface area (Å²) < 4.78 is 63.9. The number of hydrogen-bond donors (Lipinski definition) is 0.